The highest BCUT2D eigenvalue weighted by atomic mass is 16.4. The van der Waals surface area contributed by atoms with E-state index in [1.165, 1.54) is 19.4 Å². The molecule has 0 aliphatic carbocycles. The minimum atomic E-state index is -1.28. The minimum Gasteiger partial charge on any atom is -0.481 e. The van der Waals surface area contributed by atoms with Crippen LogP contribution >= 0.6 is 0 Å². The molecule has 0 radical (unpaired) electrons. The van der Waals surface area contributed by atoms with Gasteiger partial charge < -0.3 is 31.6 Å². The average molecular weight is 355 g/mol. The summed E-state index contributed by atoms with van der Waals surface area (Å²) in [6.45, 7) is 1.40. The largest absolute Gasteiger partial charge is 0.481 e. The van der Waals surface area contributed by atoms with E-state index in [1.807, 2.05) is 0 Å². The molecule has 2 amide bonds. The maximum Gasteiger partial charge on any atom is 0.326 e. The van der Waals surface area contributed by atoms with E-state index in [0.717, 1.165) is 0 Å². The summed E-state index contributed by atoms with van der Waals surface area (Å²) < 4.78 is 0. The van der Waals surface area contributed by atoms with Crippen LogP contribution in [0.3, 0.4) is 0 Å². The highest BCUT2D eigenvalue weighted by Gasteiger charge is 2.28. The topological polar surface area (TPSA) is 188 Å². The molecule has 11 nitrogen and oxygen atoms in total. The van der Waals surface area contributed by atoms with Crippen molar-refractivity contribution in [1.82, 2.24) is 20.6 Å². The Labute approximate surface area is 143 Å². The van der Waals surface area contributed by atoms with Crippen LogP contribution in [0.25, 0.3) is 0 Å². The first-order valence-electron chi connectivity index (χ1n) is 7.49. The molecule has 0 bridgehead atoms. The Hall–Kier alpha value is -2.95. The van der Waals surface area contributed by atoms with Crippen molar-refractivity contribution in [1.29, 1.82) is 0 Å². The van der Waals surface area contributed by atoms with E-state index >= 15 is 0 Å². The molecule has 3 unspecified atom stereocenters. The Balaban J connectivity index is 2.79. The zero-order valence-electron chi connectivity index (χ0n) is 13.6. The van der Waals surface area contributed by atoms with Gasteiger partial charge in [0, 0.05) is 24.7 Å². The molecule has 1 aromatic rings. The van der Waals surface area contributed by atoms with Crippen molar-refractivity contribution in [2.45, 2.75) is 44.3 Å². The molecule has 0 saturated carbocycles. The Bertz CT molecular complexity index is 615. The van der Waals surface area contributed by atoms with Crippen LogP contribution in [-0.4, -0.2) is 62.1 Å². The number of aromatic amines is 1. The van der Waals surface area contributed by atoms with Gasteiger partial charge >= 0.3 is 11.9 Å². The lowest BCUT2D eigenvalue weighted by atomic mass is 10.1. The standard InChI is InChI=1S/C14H21N5O6/c1-7(15)12(22)18-9(2-3-11(20)21)13(23)19-10(14(24)25)4-8-5-16-6-17-8/h5-7,9-10H,2-4,15H2,1H3,(H,16,17)(H,18,22)(H,19,23)(H,20,21)(H,24,25). The van der Waals surface area contributed by atoms with Crippen LogP contribution in [0, 0.1) is 0 Å². The predicted molar refractivity (Wildman–Crippen MR) is 84.3 cm³/mol. The zero-order valence-corrected chi connectivity index (χ0v) is 13.6. The molecule has 0 saturated heterocycles. The summed E-state index contributed by atoms with van der Waals surface area (Å²) in [6, 6.07) is -3.38. The van der Waals surface area contributed by atoms with Crippen molar-refractivity contribution in [2.24, 2.45) is 5.73 Å². The Morgan fingerprint density at radius 2 is 1.84 bits per heavy atom. The number of aromatic nitrogens is 2. The first-order valence-corrected chi connectivity index (χ1v) is 7.49. The Morgan fingerprint density at radius 1 is 1.20 bits per heavy atom. The number of H-pyrrole nitrogens is 1. The number of imidazole rings is 1. The number of nitrogens with zero attached hydrogens (tertiary/aromatic N) is 1. The van der Waals surface area contributed by atoms with Crippen molar-refractivity contribution >= 4 is 23.8 Å². The summed E-state index contributed by atoms with van der Waals surface area (Å²) in [5.41, 5.74) is 5.91. The van der Waals surface area contributed by atoms with Crippen molar-refractivity contribution < 1.29 is 29.4 Å². The first kappa shape index (κ1) is 20.1. The van der Waals surface area contributed by atoms with Gasteiger partial charge in [-0.25, -0.2) is 9.78 Å². The summed E-state index contributed by atoms with van der Waals surface area (Å²) in [5, 5.41) is 22.6. The maximum absolute atomic E-state index is 12.3. The van der Waals surface area contributed by atoms with Crippen LogP contribution in [0.5, 0.6) is 0 Å². The van der Waals surface area contributed by atoms with Gasteiger partial charge in [0.25, 0.3) is 0 Å². The van der Waals surface area contributed by atoms with Crippen LogP contribution in [0.4, 0.5) is 0 Å². The molecule has 3 atom stereocenters. The summed E-state index contributed by atoms with van der Waals surface area (Å²) in [4.78, 5) is 52.5. The summed E-state index contributed by atoms with van der Waals surface area (Å²) in [6.07, 6.45) is 2.16. The molecule has 25 heavy (non-hydrogen) atoms. The number of carbonyl (C=O) groups excluding carboxylic acids is 2. The second kappa shape index (κ2) is 9.37. The van der Waals surface area contributed by atoms with E-state index in [-0.39, 0.29) is 19.3 Å². The fourth-order valence-corrected chi connectivity index (χ4v) is 1.93. The van der Waals surface area contributed by atoms with E-state index in [4.69, 9.17) is 10.8 Å². The lowest BCUT2D eigenvalue weighted by Crippen LogP contribution is -2.54. The fourth-order valence-electron chi connectivity index (χ4n) is 1.93. The van der Waals surface area contributed by atoms with Crippen molar-refractivity contribution in [2.75, 3.05) is 0 Å². The maximum atomic E-state index is 12.3. The van der Waals surface area contributed by atoms with E-state index in [2.05, 4.69) is 20.6 Å². The van der Waals surface area contributed by atoms with Gasteiger partial charge in [0.15, 0.2) is 0 Å². The van der Waals surface area contributed by atoms with Gasteiger partial charge in [0.05, 0.1) is 12.4 Å². The highest BCUT2D eigenvalue weighted by Crippen LogP contribution is 2.03. The van der Waals surface area contributed by atoms with Crippen molar-refractivity contribution in [3.8, 4) is 0 Å². The quantitative estimate of drug-likeness (QED) is 0.284. The number of rotatable bonds is 10. The Kier molecular flexibility index (Phi) is 7.53. The summed E-state index contributed by atoms with van der Waals surface area (Å²) in [5.74, 6) is -3.88. The van der Waals surface area contributed by atoms with Gasteiger partial charge in [-0.05, 0) is 13.3 Å². The molecular formula is C14H21N5O6. The number of nitrogens with one attached hydrogen (secondary N) is 3. The molecule has 0 aromatic carbocycles. The SMILES string of the molecule is CC(N)C(=O)NC(CCC(=O)O)C(=O)NC(Cc1cnc[nH]1)C(=O)O. The summed E-state index contributed by atoms with van der Waals surface area (Å²) >= 11 is 0. The van der Waals surface area contributed by atoms with E-state index in [9.17, 15) is 24.3 Å². The molecule has 11 heteroatoms. The molecule has 1 heterocycles. The molecule has 138 valence electrons. The molecular weight excluding hydrogens is 334 g/mol. The lowest BCUT2D eigenvalue weighted by Gasteiger charge is -2.21. The normalized spacial score (nSPS) is 14.2. The number of carboxylic acids is 2. The molecule has 7 N–H and O–H groups in total. The Morgan fingerprint density at radius 3 is 2.32 bits per heavy atom. The predicted octanol–water partition coefficient (Wildman–Crippen LogP) is -1.78. The number of nitrogens with two attached hydrogens (primary N) is 1. The third-order valence-electron chi connectivity index (χ3n) is 3.29. The fraction of sp³-hybridized carbons (Fsp3) is 0.500. The summed E-state index contributed by atoms with van der Waals surface area (Å²) in [7, 11) is 0. The second-order valence-electron chi connectivity index (χ2n) is 5.46. The molecule has 0 fully saturated rings. The van der Waals surface area contributed by atoms with E-state index in [0.29, 0.717) is 5.69 Å². The van der Waals surface area contributed by atoms with Crippen LogP contribution in [0.2, 0.25) is 0 Å². The number of carbonyl (C=O) groups is 4. The van der Waals surface area contributed by atoms with Gasteiger partial charge in [0.1, 0.15) is 12.1 Å². The van der Waals surface area contributed by atoms with E-state index in [1.54, 1.807) is 0 Å². The van der Waals surface area contributed by atoms with E-state index < -0.39 is 41.9 Å². The highest BCUT2D eigenvalue weighted by molar-refractivity contribution is 5.91. The molecule has 1 aromatic heterocycles. The van der Waals surface area contributed by atoms with Crippen LogP contribution in [-0.2, 0) is 25.6 Å². The van der Waals surface area contributed by atoms with Gasteiger partial charge in [-0.3, -0.25) is 14.4 Å². The number of carboxylic acid groups (broad SMARTS) is 2. The first-order chi connectivity index (χ1) is 11.7. The second-order valence-corrected chi connectivity index (χ2v) is 5.46. The van der Waals surface area contributed by atoms with Gasteiger partial charge in [-0.1, -0.05) is 0 Å². The number of hydrogen-bond acceptors (Lipinski definition) is 6. The monoisotopic (exact) mass is 355 g/mol. The molecule has 0 aliphatic rings. The van der Waals surface area contributed by atoms with Gasteiger partial charge in [-0.15, -0.1) is 0 Å². The van der Waals surface area contributed by atoms with Crippen LogP contribution in [0.15, 0.2) is 12.5 Å². The average Bonchev–Trinajstić information content (AvgIpc) is 3.02. The number of amides is 2. The van der Waals surface area contributed by atoms with Crippen molar-refractivity contribution in [3.05, 3.63) is 18.2 Å². The number of aliphatic carboxylic acids is 2. The van der Waals surface area contributed by atoms with Crippen LogP contribution in [0.1, 0.15) is 25.5 Å². The third kappa shape index (κ3) is 6.99. The van der Waals surface area contributed by atoms with Crippen LogP contribution < -0.4 is 16.4 Å². The minimum absolute atomic E-state index is 0.0477. The smallest absolute Gasteiger partial charge is 0.326 e. The molecule has 0 aliphatic heterocycles. The third-order valence-corrected chi connectivity index (χ3v) is 3.29. The molecule has 0 spiro atoms. The zero-order chi connectivity index (χ0) is 19.0. The number of hydrogen-bond donors (Lipinski definition) is 6. The lowest BCUT2D eigenvalue weighted by molar-refractivity contribution is -0.143. The van der Waals surface area contributed by atoms with Gasteiger partial charge in [-0.2, -0.15) is 0 Å². The van der Waals surface area contributed by atoms with Crippen molar-refractivity contribution in [3.63, 3.8) is 0 Å². The van der Waals surface area contributed by atoms with Gasteiger partial charge in [0.2, 0.25) is 11.8 Å². The molecule has 1 rings (SSSR count).